The van der Waals surface area contributed by atoms with E-state index in [0.717, 1.165) is 33.6 Å². The normalized spacial score (nSPS) is 11.6. The van der Waals surface area contributed by atoms with Crippen molar-refractivity contribution in [2.24, 2.45) is 5.73 Å². The number of hydrogen-bond acceptors (Lipinski definition) is 8. The summed E-state index contributed by atoms with van der Waals surface area (Å²) in [7, 11) is 1.58. The molecule has 1 unspecified atom stereocenters. The summed E-state index contributed by atoms with van der Waals surface area (Å²) in [4.78, 5) is 46.2. The van der Waals surface area contributed by atoms with Gasteiger partial charge >= 0.3 is 0 Å². The summed E-state index contributed by atoms with van der Waals surface area (Å²) in [6.45, 7) is 2.05. The van der Waals surface area contributed by atoms with Crippen LogP contribution in [0.25, 0.3) is 10.9 Å². The molecule has 5 N–H and O–H groups in total. The van der Waals surface area contributed by atoms with Crippen LogP contribution in [0.1, 0.15) is 42.9 Å². The summed E-state index contributed by atoms with van der Waals surface area (Å²) in [6.07, 6.45) is 1.69. The molecule has 5 aromatic rings. The summed E-state index contributed by atoms with van der Waals surface area (Å²) >= 11 is 0.761. The van der Waals surface area contributed by atoms with Gasteiger partial charge in [0.05, 0.1) is 18.3 Å². The van der Waals surface area contributed by atoms with Gasteiger partial charge in [-0.25, -0.2) is 0 Å². The molecule has 0 aliphatic heterocycles. The summed E-state index contributed by atoms with van der Waals surface area (Å²) in [6, 6.07) is 22.5. The predicted octanol–water partition coefficient (Wildman–Crippen LogP) is 4.39. The molecule has 5 rings (SSSR count). The lowest BCUT2D eigenvalue weighted by Gasteiger charge is -2.32. The fourth-order valence-corrected chi connectivity index (χ4v) is 5.39. The van der Waals surface area contributed by atoms with Crippen molar-refractivity contribution in [1.82, 2.24) is 14.7 Å². The van der Waals surface area contributed by atoms with Crippen LogP contribution in [-0.4, -0.2) is 34.2 Å². The molecule has 0 aliphatic carbocycles. The second-order valence-electron chi connectivity index (χ2n) is 9.52. The third kappa shape index (κ3) is 5.63. The van der Waals surface area contributed by atoms with Gasteiger partial charge in [0, 0.05) is 23.8 Å². The number of nitrogens with two attached hydrogens (primary N) is 2. The van der Waals surface area contributed by atoms with E-state index in [1.54, 1.807) is 55.8 Å². The molecular weight excluding hydrogens is 552 g/mol. The molecule has 42 heavy (non-hydrogen) atoms. The number of carbonyl (C=O) groups is 3. The van der Waals surface area contributed by atoms with Crippen LogP contribution in [0.2, 0.25) is 0 Å². The molecule has 0 aliphatic rings. The molecule has 0 spiro atoms. The second-order valence-corrected chi connectivity index (χ2v) is 10.3. The molecule has 11 heteroatoms. The first-order valence-corrected chi connectivity index (χ1v) is 13.7. The van der Waals surface area contributed by atoms with Crippen molar-refractivity contribution >= 4 is 51.5 Å². The van der Waals surface area contributed by atoms with E-state index in [1.165, 1.54) is 4.90 Å². The standard InChI is InChI=1S/C31H28N6O4S/c1-18-6-3-4-8-24(18)37(31(40)28-25(32)26(29(33)38)36-42-28)27(21-11-14-23-20(16-21)7-5-15-34-23)30(39)35-17-19-9-12-22(41-2)13-10-19/h3-16,27H,17,32H2,1-2H3,(H2,33,38)(H,35,39). The highest BCUT2D eigenvalue weighted by atomic mass is 32.1. The van der Waals surface area contributed by atoms with Gasteiger partial charge in [-0.05, 0) is 71.5 Å². The first kappa shape index (κ1) is 28.2. The molecule has 0 fully saturated rings. The van der Waals surface area contributed by atoms with Gasteiger partial charge in [-0.2, -0.15) is 4.37 Å². The number of nitrogens with zero attached hydrogens (tertiary/aromatic N) is 3. The molecule has 1 atom stereocenters. The van der Waals surface area contributed by atoms with Gasteiger partial charge in [0.15, 0.2) is 5.69 Å². The van der Waals surface area contributed by atoms with Gasteiger partial charge in [-0.15, -0.1) is 0 Å². The van der Waals surface area contributed by atoms with E-state index in [4.69, 9.17) is 16.2 Å². The number of pyridine rings is 1. The Morgan fingerprint density at radius 1 is 1.02 bits per heavy atom. The number of aryl methyl sites for hydroxylation is 1. The van der Waals surface area contributed by atoms with E-state index in [0.29, 0.717) is 17.0 Å². The number of hydrogen-bond donors (Lipinski definition) is 3. The number of fused-ring (bicyclic) bond motifs is 1. The third-order valence-corrected chi connectivity index (χ3v) is 7.68. The number of primary amides is 1. The van der Waals surface area contributed by atoms with E-state index < -0.39 is 23.8 Å². The Kier molecular flexibility index (Phi) is 8.12. The molecule has 10 nitrogen and oxygen atoms in total. The Bertz CT molecular complexity index is 1790. The number of aromatic nitrogens is 2. The number of carbonyl (C=O) groups excluding carboxylic acids is 3. The first-order valence-electron chi connectivity index (χ1n) is 13.0. The zero-order chi connectivity index (χ0) is 29.8. The lowest BCUT2D eigenvalue weighted by molar-refractivity contribution is -0.122. The highest BCUT2D eigenvalue weighted by Gasteiger charge is 2.36. The molecule has 2 aromatic heterocycles. The summed E-state index contributed by atoms with van der Waals surface area (Å²) in [5.74, 6) is -1.17. The number of methoxy groups -OCH3 is 1. The number of ether oxygens (including phenoxy) is 1. The zero-order valence-corrected chi connectivity index (χ0v) is 23.7. The largest absolute Gasteiger partial charge is 0.497 e. The van der Waals surface area contributed by atoms with Crippen molar-refractivity contribution in [2.75, 3.05) is 17.7 Å². The van der Waals surface area contributed by atoms with Crippen molar-refractivity contribution in [3.05, 3.63) is 112 Å². The highest BCUT2D eigenvalue weighted by Crippen LogP contribution is 2.35. The minimum atomic E-state index is -1.13. The van der Waals surface area contributed by atoms with Crippen LogP contribution < -0.4 is 26.4 Å². The van der Waals surface area contributed by atoms with Gasteiger partial charge in [0.1, 0.15) is 16.7 Å². The van der Waals surface area contributed by atoms with Gasteiger partial charge in [-0.1, -0.05) is 42.5 Å². The SMILES string of the molecule is COc1ccc(CNC(=O)C(c2ccc3ncccc3c2)N(C(=O)c2snc(C(N)=O)c2N)c2ccccc2C)cc1. The Morgan fingerprint density at radius 3 is 2.48 bits per heavy atom. The van der Waals surface area contributed by atoms with Crippen LogP contribution in [-0.2, 0) is 11.3 Å². The first-order chi connectivity index (χ1) is 20.3. The number of amides is 3. The Hall–Kier alpha value is -5.29. The third-order valence-electron chi connectivity index (χ3n) is 6.82. The fraction of sp³-hybridized carbons (Fsp3) is 0.129. The number of para-hydroxylation sites is 1. The van der Waals surface area contributed by atoms with Crippen LogP contribution in [0.5, 0.6) is 5.75 Å². The van der Waals surface area contributed by atoms with Crippen molar-refractivity contribution in [1.29, 1.82) is 0 Å². The summed E-state index contributed by atoms with van der Waals surface area (Å²) in [5, 5.41) is 3.79. The molecule has 2 heterocycles. The zero-order valence-electron chi connectivity index (χ0n) is 22.9. The summed E-state index contributed by atoms with van der Waals surface area (Å²) < 4.78 is 9.25. The van der Waals surface area contributed by atoms with Crippen LogP contribution >= 0.6 is 11.5 Å². The van der Waals surface area contributed by atoms with Gasteiger partial charge < -0.3 is 21.5 Å². The predicted molar refractivity (Wildman–Crippen MR) is 162 cm³/mol. The molecule has 0 radical (unpaired) electrons. The van der Waals surface area contributed by atoms with Gasteiger partial charge in [0.2, 0.25) is 5.91 Å². The maximum atomic E-state index is 14.3. The summed E-state index contributed by atoms with van der Waals surface area (Å²) in [5.41, 5.74) is 14.7. The Morgan fingerprint density at radius 2 is 1.79 bits per heavy atom. The van der Waals surface area contributed by atoms with E-state index >= 15 is 0 Å². The molecular formula is C31H28N6O4S. The minimum absolute atomic E-state index is 0.00228. The average Bonchev–Trinajstić information content (AvgIpc) is 3.40. The topological polar surface area (TPSA) is 154 Å². The Balaban J connectivity index is 1.64. The monoisotopic (exact) mass is 580 g/mol. The van der Waals surface area contributed by atoms with Gasteiger partial charge in [0.25, 0.3) is 11.8 Å². The quantitative estimate of drug-likeness (QED) is 0.234. The maximum Gasteiger partial charge on any atom is 0.273 e. The van der Waals surface area contributed by atoms with Crippen LogP contribution in [0.4, 0.5) is 11.4 Å². The number of anilines is 2. The molecule has 0 saturated heterocycles. The highest BCUT2D eigenvalue weighted by molar-refractivity contribution is 7.09. The van der Waals surface area contributed by atoms with Crippen molar-refractivity contribution in [2.45, 2.75) is 19.5 Å². The van der Waals surface area contributed by atoms with E-state index in [1.807, 2.05) is 43.3 Å². The molecule has 3 aromatic carbocycles. The number of nitrogens with one attached hydrogen (secondary N) is 1. The van der Waals surface area contributed by atoms with Crippen molar-refractivity contribution < 1.29 is 19.1 Å². The Labute approximate surface area is 246 Å². The second kappa shape index (κ2) is 12.1. The van der Waals surface area contributed by atoms with E-state index in [-0.39, 0.29) is 22.8 Å². The van der Waals surface area contributed by atoms with E-state index in [9.17, 15) is 14.4 Å². The molecule has 212 valence electrons. The van der Waals surface area contributed by atoms with E-state index in [2.05, 4.69) is 14.7 Å². The number of benzene rings is 3. The molecule has 0 saturated carbocycles. The van der Waals surface area contributed by atoms with Crippen LogP contribution in [0.15, 0.2) is 85.1 Å². The van der Waals surface area contributed by atoms with Crippen molar-refractivity contribution in [3.8, 4) is 5.75 Å². The lowest BCUT2D eigenvalue weighted by Crippen LogP contribution is -2.44. The van der Waals surface area contributed by atoms with Crippen molar-refractivity contribution in [3.63, 3.8) is 0 Å². The lowest BCUT2D eigenvalue weighted by atomic mass is 9.99. The van der Waals surface area contributed by atoms with Crippen LogP contribution in [0.3, 0.4) is 0 Å². The fourth-order valence-electron chi connectivity index (χ4n) is 4.65. The number of nitrogen functional groups attached to an aromatic ring is 1. The smallest absolute Gasteiger partial charge is 0.273 e. The molecule has 3 amide bonds. The minimum Gasteiger partial charge on any atom is -0.497 e. The molecule has 0 bridgehead atoms. The average molecular weight is 581 g/mol. The van der Waals surface area contributed by atoms with Gasteiger partial charge in [-0.3, -0.25) is 24.3 Å². The maximum absolute atomic E-state index is 14.3. The number of rotatable bonds is 9. The van der Waals surface area contributed by atoms with Crippen LogP contribution in [0, 0.1) is 6.92 Å².